The maximum atomic E-state index is 2.56. The Morgan fingerprint density at radius 2 is 1.29 bits per heavy atom. The normalized spacial score (nSPS) is 31.9. The number of unbranched alkanes of at least 4 members (excludes halogenated alkanes) is 2. The molecule has 0 unspecified atom stereocenters. The van der Waals surface area contributed by atoms with Gasteiger partial charge in [-0.15, -0.1) is 0 Å². The van der Waals surface area contributed by atoms with Gasteiger partial charge >= 0.3 is 0 Å². The maximum absolute atomic E-state index is 2.56. The zero-order valence-electron chi connectivity index (χ0n) is 16.5. The quantitative estimate of drug-likeness (QED) is 0.296. The van der Waals surface area contributed by atoms with Crippen molar-refractivity contribution in [2.24, 2.45) is 23.7 Å². The van der Waals surface area contributed by atoms with Crippen molar-refractivity contribution >= 4 is 0 Å². The summed E-state index contributed by atoms with van der Waals surface area (Å²) >= 11 is 0. The Morgan fingerprint density at radius 1 is 0.708 bits per heavy atom. The molecule has 0 spiro atoms. The zero-order chi connectivity index (χ0) is 17.0. The Bertz CT molecular complexity index is 348. The molecule has 2 rings (SSSR count). The molecule has 0 aromatic rings. The predicted octanol–water partition coefficient (Wildman–Crippen LogP) is 8.09. The van der Waals surface area contributed by atoms with Crippen LogP contribution in [0.3, 0.4) is 0 Å². The third-order valence-electron chi connectivity index (χ3n) is 6.61. The number of hydrogen-bond donors (Lipinski definition) is 0. The van der Waals surface area contributed by atoms with Gasteiger partial charge in [-0.2, -0.15) is 0 Å². The van der Waals surface area contributed by atoms with Crippen LogP contribution in [0.4, 0.5) is 0 Å². The predicted molar refractivity (Wildman–Crippen MR) is 108 cm³/mol. The Hall–Kier alpha value is -0.520. The molecule has 0 atom stereocenters. The highest BCUT2D eigenvalue weighted by atomic mass is 14.3. The van der Waals surface area contributed by atoms with E-state index in [1.165, 1.54) is 89.9 Å². The monoisotopic (exact) mass is 330 g/mol. The summed E-state index contributed by atoms with van der Waals surface area (Å²) in [7, 11) is 0. The van der Waals surface area contributed by atoms with E-state index < -0.39 is 0 Å². The Balaban J connectivity index is 1.52. The van der Waals surface area contributed by atoms with Crippen LogP contribution in [-0.2, 0) is 0 Å². The molecule has 2 saturated carbocycles. The van der Waals surface area contributed by atoms with Crippen LogP contribution >= 0.6 is 0 Å². The number of hydrogen-bond acceptors (Lipinski definition) is 0. The summed E-state index contributed by atoms with van der Waals surface area (Å²) in [6.07, 6.45) is 30.0. The molecule has 0 N–H and O–H groups in total. The van der Waals surface area contributed by atoms with E-state index in [1.54, 1.807) is 0 Å². The summed E-state index contributed by atoms with van der Waals surface area (Å²) in [4.78, 5) is 0. The Morgan fingerprint density at radius 3 is 1.88 bits per heavy atom. The van der Waals surface area contributed by atoms with E-state index in [9.17, 15) is 0 Å². The minimum absolute atomic E-state index is 0.868. The van der Waals surface area contributed by atoms with Gasteiger partial charge in [-0.25, -0.2) is 0 Å². The summed E-state index contributed by atoms with van der Waals surface area (Å²) in [5.74, 6) is 3.84. The van der Waals surface area contributed by atoms with Crippen LogP contribution in [-0.4, -0.2) is 0 Å². The lowest BCUT2D eigenvalue weighted by Crippen LogP contribution is -2.14. The molecule has 0 aromatic heterocycles. The van der Waals surface area contributed by atoms with Gasteiger partial charge in [0.1, 0.15) is 0 Å². The van der Waals surface area contributed by atoms with E-state index in [2.05, 4.69) is 38.2 Å². The van der Waals surface area contributed by atoms with Gasteiger partial charge in [0.15, 0.2) is 0 Å². The maximum Gasteiger partial charge on any atom is -0.0233 e. The first-order valence-electron chi connectivity index (χ1n) is 11.1. The minimum Gasteiger partial charge on any atom is -0.0914 e. The first kappa shape index (κ1) is 19.8. The highest BCUT2D eigenvalue weighted by Gasteiger charge is 2.20. The summed E-state index contributed by atoms with van der Waals surface area (Å²) in [6, 6.07) is 0. The summed E-state index contributed by atoms with van der Waals surface area (Å²) in [5, 5.41) is 0. The van der Waals surface area contributed by atoms with Gasteiger partial charge < -0.3 is 0 Å². The molecule has 138 valence electrons. The molecule has 0 heterocycles. The van der Waals surface area contributed by atoms with Crippen LogP contribution < -0.4 is 0 Å². The molecule has 0 bridgehead atoms. The van der Waals surface area contributed by atoms with Crippen LogP contribution in [0.5, 0.6) is 0 Å². The van der Waals surface area contributed by atoms with Gasteiger partial charge in [0.2, 0.25) is 0 Å². The summed E-state index contributed by atoms with van der Waals surface area (Å²) in [6.45, 7) is 4.48. The average molecular weight is 331 g/mol. The van der Waals surface area contributed by atoms with E-state index in [0.717, 1.165) is 23.7 Å². The molecule has 0 amide bonds. The molecular formula is C24H42. The largest absolute Gasteiger partial charge is 0.0914 e. The first-order chi connectivity index (χ1) is 11.8. The average Bonchev–Trinajstić information content (AvgIpc) is 2.62. The molecule has 0 aromatic carbocycles. The second-order valence-electron chi connectivity index (χ2n) is 8.59. The molecule has 0 heteroatoms. The van der Waals surface area contributed by atoms with Gasteiger partial charge in [-0.05, 0) is 69.1 Å². The van der Waals surface area contributed by atoms with Crippen molar-refractivity contribution in [3.8, 4) is 0 Å². The fourth-order valence-electron chi connectivity index (χ4n) is 4.91. The molecule has 0 saturated heterocycles. The number of allylic oxidation sites excluding steroid dienone is 4. The van der Waals surface area contributed by atoms with Gasteiger partial charge in [-0.3, -0.25) is 0 Å². The molecule has 0 aliphatic heterocycles. The van der Waals surface area contributed by atoms with Crippen LogP contribution in [0.25, 0.3) is 0 Å². The first-order valence-corrected chi connectivity index (χ1v) is 11.1. The molecular weight excluding hydrogens is 288 g/mol. The standard InChI is InChI=1S/C24H42/c1-3-5-6-10-22-17-19-24(20-18-22)12-8-7-11-23-15-13-21(9-4-2)14-16-23/h4,7,9,11,21-24H,3,5-6,8,10,12-20H2,1-2H3. The van der Waals surface area contributed by atoms with Crippen molar-refractivity contribution in [1.29, 1.82) is 0 Å². The lowest BCUT2D eigenvalue weighted by molar-refractivity contribution is 0.250. The lowest BCUT2D eigenvalue weighted by Gasteiger charge is -2.28. The van der Waals surface area contributed by atoms with Crippen molar-refractivity contribution < 1.29 is 0 Å². The van der Waals surface area contributed by atoms with Crippen molar-refractivity contribution in [3.05, 3.63) is 24.3 Å². The highest BCUT2D eigenvalue weighted by Crippen LogP contribution is 2.34. The Kier molecular flexibility index (Phi) is 9.85. The molecule has 2 aliphatic rings. The van der Waals surface area contributed by atoms with E-state index in [0.29, 0.717) is 0 Å². The molecule has 2 fully saturated rings. The van der Waals surface area contributed by atoms with Gasteiger partial charge in [-0.1, -0.05) is 82.6 Å². The second-order valence-corrected chi connectivity index (χ2v) is 8.59. The zero-order valence-corrected chi connectivity index (χ0v) is 16.5. The third-order valence-corrected chi connectivity index (χ3v) is 6.61. The highest BCUT2D eigenvalue weighted by molar-refractivity contribution is 4.95. The summed E-state index contributed by atoms with van der Waals surface area (Å²) < 4.78 is 0. The van der Waals surface area contributed by atoms with Crippen LogP contribution in [0.2, 0.25) is 0 Å². The molecule has 24 heavy (non-hydrogen) atoms. The fraction of sp³-hybridized carbons (Fsp3) is 0.833. The van der Waals surface area contributed by atoms with E-state index in [4.69, 9.17) is 0 Å². The van der Waals surface area contributed by atoms with E-state index in [1.807, 2.05) is 0 Å². The van der Waals surface area contributed by atoms with Crippen LogP contribution in [0.1, 0.15) is 104 Å². The molecule has 0 radical (unpaired) electrons. The van der Waals surface area contributed by atoms with Gasteiger partial charge in [0.05, 0.1) is 0 Å². The van der Waals surface area contributed by atoms with E-state index >= 15 is 0 Å². The molecule has 2 aliphatic carbocycles. The van der Waals surface area contributed by atoms with Crippen LogP contribution in [0.15, 0.2) is 24.3 Å². The van der Waals surface area contributed by atoms with Crippen LogP contribution in [0, 0.1) is 23.7 Å². The minimum atomic E-state index is 0.868. The topological polar surface area (TPSA) is 0 Å². The van der Waals surface area contributed by atoms with Crippen molar-refractivity contribution in [1.82, 2.24) is 0 Å². The van der Waals surface area contributed by atoms with Crippen molar-refractivity contribution in [2.45, 2.75) is 104 Å². The van der Waals surface area contributed by atoms with Gasteiger partial charge in [0.25, 0.3) is 0 Å². The SMILES string of the molecule is CC=CC1CCC(C=CCCC2CCC(CCCCC)CC2)CC1. The smallest absolute Gasteiger partial charge is 0.0233 e. The fourth-order valence-corrected chi connectivity index (χ4v) is 4.91. The van der Waals surface area contributed by atoms with E-state index in [-0.39, 0.29) is 0 Å². The number of rotatable bonds is 9. The lowest BCUT2D eigenvalue weighted by atomic mass is 9.78. The van der Waals surface area contributed by atoms with Crippen molar-refractivity contribution in [2.75, 3.05) is 0 Å². The third kappa shape index (κ3) is 7.58. The second kappa shape index (κ2) is 11.9. The molecule has 0 nitrogen and oxygen atoms in total. The Labute approximate surface area is 152 Å². The summed E-state index contributed by atoms with van der Waals surface area (Å²) in [5.41, 5.74) is 0. The van der Waals surface area contributed by atoms with Gasteiger partial charge in [0, 0.05) is 0 Å². The van der Waals surface area contributed by atoms with Crippen molar-refractivity contribution in [3.63, 3.8) is 0 Å².